The number of ketones is 2. The van der Waals surface area contributed by atoms with Crippen LogP contribution < -0.4 is 10.2 Å². The van der Waals surface area contributed by atoms with Crippen molar-refractivity contribution in [1.29, 1.82) is 0 Å². The summed E-state index contributed by atoms with van der Waals surface area (Å²) < 4.78 is 0. The van der Waals surface area contributed by atoms with Gasteiger partial charge < -0.3 is 10.2 Å². The topological polar surface area (TPSA) is 80.3 Å². The Morgan fingerprint density at radius 2 is 1.00 bits per heavy atom. The molecule has 0 heterocycles. The fourth-order valence-electron chi connectivity index (χ4n) is 0.572. The summed E-state index contributed by atoms with van der Waals surface area (Å²) in [5.41, 5.74) is 0. The standard InChI is InChI=1S/2C5H8O2.Mg/c2*1-4(6)3-5(2)7;/h2*3,6H,1-2H3;/q;;+2/p-2/b4-3+;4-3-;. The number of hydrogen-bond acceptors (Lipinski definition) is 4. The summed E-state index contributed by atoms with van der Waals surface area (Å²) in [7, 11) is 0. The molecule has 0 saturated heterocycles. The third-order valence-corrected chi connectivity index (χ3v) is 0.813. The van der Waals surface area contributed by atoms with E-state index in [4.69, 9.17) is 0 Å². The van der Waals surface area contributed by atoms with Gasteiger partial charge in [0.25, 0.3) is 0 Å². The molecule has 0 aromatic heterocycles. The van der Waals surface area contributed by atoms with Crippen LogP contribution in [0.4, 0.5) is 0 Å². The molecule has 80 valence electrons. The van der Waals surface area contributed by atoms with Gasteiger partial charge in [-0.15, -0.1) is 11.5 Å². The second-order valence-electron chi connectivity index (χ2n) is 2.73. The quantitative estimate of drug-likeness (QED) is 0.351. The molecule has 0 aliphatic carbocycles. The molecular formula is C10H14MgO4. The van der Waals surface area contributed by atoms with Crippen LogP contribution in [0.1, 0.15) is 27.7 Å². The molecule has 0 spiro atoms. The summed E-state index contributed by atoms with van der Waals surface area (Å²) in [6, 6.07) is 0. The first-order valence-corrected chi connectivity index (χ1v) is 3.97. The average Bonchev–Trinajstić information content (AvgIpc) is 1.79. The summed E-state index contributed by atoms with van der Waals surface area (Å²) in [5.74, 6) is -0.750. The molecule has 5 heteroatoms. The van der Waals surface area contributed by atoms with Crippen molar-refractivity contribution in [3.63, 3.8) is 0 Å². The van der Waals surface area contributed by atoms with Gasteiger partial charge in [0.1, 0.15) is 0 Å². The smallest absolute Gasteiger partial charge is 0.876 e. The van der Waals surface area contributed by atoms with E-state index >= 15 is 0 Å². The molecule has 4 nitrogen and oxygen atoms in total. The number of carbonyl (C=O) groups is 2. The zero-order valence-electron chi connectivity index (χ0n) is 9.49. The Balaban J connectivity index is -0.000000180. The molecule has 0 aliphatic heterocycles. The first kappa shape index (κ1) is 19.7. The van der Waals surface area contributed by atoms with Gasteiger partial charge in [-0.05, 0) is 26.0 Å². The number of carbonyl (C=O) groups excluding carboxylic acids is 2. The van der Waals surface area contributed by atoms with E-state index in [2.05, 4.69) is 0 Å². The maximum absolute atomic E-state index is 9.98. The van der Waals surface area contributed by atoms with E-state index in [9.17, 15) is 19.8 Å². The zero-order chi connectivity index (χ0) is 11.7. The van der Waals surface area contributed by atoms with Crippen LogP contribution in [-0.4, -0.2) is 34.6 Å². The van der Waals surface area contributed by atoms with E-state index in [-0.39, 0.29) is 46.1 Å². The molecule has 0 unspecified atom stereocenters. The molecule has 0 amide bonds. The molecule has 0 saturated carbocycles. The van der Waals surface area contributed by atoms with Gasteiger partial charge in [0.2, 0.25) is 0 Å². The van der Waals surface area contributed by atoms with Crippen molar-refractivity contribution in [3.05, 3.63) is 23.7 Å². The fraction of sp³-hybridized carbons (Fsp3) is 0.400. The van der Waals surface area contributed by atoms with Gasteiger partial charge in [-0.25, -0.2) is 0 Å². The van der Waals surface area contributed by atoms with Crippen LogP contribution in [0.25, 0.3) is 0 Å². The third kappa shape index (κ3) is 32.0. The van der Waals surface area contributed by atoms with Crippen molar-refractivity contribution < 1.29 is 19.8 Å². The van der Waals surface area contributed by atoms with Crippen LogP contribution in [0.5, 0.6) is 0 Å². The Labute approximate surface area is 106 Å². The van der Waals surface area contributed by atoms with Crippen molar-refractivity contribution in [1.82, 2.24) is 0 Å². The number of allylic oxidation sites excluding steroid dienone is 4. The molecule has 15 heavy (non-hydrogen) atoms. The summed E-state index contributed by atoms with van der Waals surface area (Å²) in [4.78, 5) is 20.0. The molecule has 0 aromatic carbocycles. The van der Waals surface area contributed by atoms with Gasteiger partial charge in [0.05, 0.1) is 0 Å². The Bertz CT molecular complexity index is 231. The van der Waals surface area contributed by atoms with Crippen LogP contribution in [0.2, 0.25) is 0 Å². The van der Waals surface area contributed by atoms with E-state index in [0.717, 1.165) is 12.2 Å². The molecule has 0 atom stereocenters. The van der Waals surface area contributed by atoms with Crippen molar-refractivity contribution >= 4 is 34.6 Å². The van der Waals surface area contributed by atoms with Crippen LogP contribution in [0, 0.1) is 0 Å². The Morgan fingerprint density at radius 1 is 0.800 bits per heavy atom. The third-order valence-electron chi connectivity index (χ3n) is 0.813. The largest absolute Gasteiger partial charge is 2.00 e. The first-order valence-electron chi connectivity index (χ1n) is 3.97. The maximum Gasteiger partial charge on any atom is 2.00 e. The van der Waals surface area contributed by atoms with Crippen LogP contribution >= 0.6 is 0 Å². The predicted molar refractivity (Wildman–Crippen MR) is 54.6 cm³/mol. The molecule has 0 rings (SSSR count). The van der Waals surface area contributed by atoms with Crippen LogP contribution in [0.15, 0.2) is 23.7 Å². The normalized spacial score (nSPS) is 10.7. The molecule has 0 aliphatic rings. The van der Waals surface area contributed by atoms with E-state index in [1.165, 1.54) is 27.7 Å². The van der Waals surface area contributed by atoms with E-state index in [0.29, 0.717) is 0 Å². The molecule has 0 aromatic rings. The molecule has 0 N–H and O–H groups in total. The van der Waals surface area contributed by atoms with Crippen LogP contribution in [-0.2, 0) is 9.59 Å². The molecular weight excluding hydrogens is 208 g/mol. The van der Waals surface area contributed by atoms with Gasteiger partial charge in [0, 0.05) is 0 Å². The summed E-state index contributed by atoms with van der Waals surface area (Å²) in [6.45, 7) is 5.39. The predicted octanol–water partition coefficient (Wildman–Crippen LogP) is -0.702. The van der Waals surface area contributed by atoms with Gasteiger partial charge in [-0.1, -0.05) is 13.8 Å². The van der Waals surface area contributed by atoms with Gasteiger partial charge in [-0.2, -0.15) is 0 Å². The Hall–Kier alpha value is -0.814. The van der Waals surface area contributed by atoms with Crippen molar-refractivity contribution in [2.24, 2.45) is 0 Å². The number of rotatable bonds is 2. The summed E-state index contributed by atoms with van der Waals surface area (Å²) in [5, 5.41) is 20.0. The Kier molecular flexibility index (Phi) is 14.8. The minimum absolute atomic E-state index is 0. The number of hydrogen-bond donors (Lipinski definition) is 0. The zero-order valence-corrected chi connectivity index (χ0v) is 10.9. The van der Waals surface area contributed by atoms with E-state index in [1.807, 2.05) is 0 Å². The Morgan fingerprint density at radius 3 is 1.00 bits per heavy atom. The summed E-state index contributed by atoms with van der Waals surface area (Å²) in [6.07, 6.45) is 2.11. The molecule has 0 fully saturated rings. The second-order valence-corrected chi connectivity index (χ2v) is 2.73. The monoisotopic (exact) mass is 222 g/mol. The minimum atomic E-state index is -0.187. The van der Waals surface area contributed by atoms with Crippen molar-refractivity contribution in [2.45, 2.75) is 27.7 Å². The molecule has 0 radical (unpaired) electrons. The maximum atomic E-state index is 9.98. The van der Waals surface area contributed by atoms with Gasteiger partial charge in [-0.3, -0.25) is 9.59 Å². The fourth-order valence-corrected chi connectivity index (χ4v) is 0.572. The van der Waals surface area contributed by atoms with E-state index < -0.39 is 0 Å². The van der Waals surface area contributed by atoms with Gasteiger partial charge in [0.15, 0.2) is 11.6 Å². The van der Waals surface area contributed by atoms with Gasteiger partial charge >= 0.3 is 23.1 Å². The van der Waals surface area contributed by atoms with Crippen molar-refractivity contribution in [2.75, 3.05) is 0 Å². The van der Waals surface area contributed by atoms with Crippen LogP contribution in [0.3, 0.4) is 0 Å². The summed E-state index contributed by atoms with van der Waals surface area (Å²) >= 11 is 0. The van der Waals surface area contributed by atoms with Crippen molar-refractivity contribution in [3.8, 4) is 0 Å². The first-order chi connectivity index (χ1) is 6.25. The second kappa shape index (κ2) is 11.3. The van der Waals surface area contributed by atoms with E-state index in [1.54, 1.807) is 0 Å². The minimum Gasteiger partial charge on any atom is -0.876 e. The SMILES string of the molecule is CC(=O)/C=C(/C)[O-].CC(=O)/C=C(\C)[O-].[Mg+2]. The average molecular weight is 223 g/mol. The molecule has 0 bridgehead atoms.